The second-order valence-electron chi connectivity index (χ2n) is 8.23. The highest BCUT2D eigenvalue weighted by Gasteiger charge is 2.46. The average Bonchev–Trinajstić information content (AvgIpc) is 3.08. The van der Waals surface area contributed by atoms with Crippen molar-refractivity contribution < 1.29 is 37.4 Å². The Morgan fingerprint density at radius 2 is 1.59 bits per heavy atom. The van der Waals surface area contributed by atoms with E-state index in [4.69, 9.17) is 9.84 Å². The zero-order valence-electron chi connectivity index (χ0n) is 18.4. The lowest BCUT2D eigenvalue weighted by atomic mass is 9.98. The number of amides is 2. The van der Waals surface area contributed by atoms with E-state index >= 15 is 0 Å². The van der Waals surface area contributed by atoms with E-state index in [0.29, 0.717) is 0 Å². The Hall–Kier alpha value is -3.56. The van der Waals surface area contributed by atoms with E-state index in [1.165, 1.54) is 0 Å². The van der Waals surface area contributed by atoms with Crippen molar-refractivity contribution in [1.82, 2.24) is 10.6 Å². The minimum Gasteiger partial charge on any atom is -0.481 e. The molecule has 34 heavy (non-hydrogen) atoms. The Bertz CT molecular complexity index is 1010. The van der Waals surface area contributed by atoms with Gasteiger partial charge in [0, 0.05) is 18.9 Å². The van der Waals surface area contributed by atoms with E-state index in [-0.39, 0.29) is 37.8 Å². The fourth-order valence-electron chi connectivity index (χ4n) is 4.00. The summed E-state index contributed by atoms with van der Waals surface area (Å²) in [4.78, 5) is 35.0. The summed E-state index contributed by atoms with van der Waals surface area (Å²) in [6.45, 7) is 1.25. The van der Waals surface area contributed by atoms with Crippen molar-refractivity contribution in [2.75, 3.05) is 13.2 Å². The Labute approximate surface area is 194 Å². The van der Waals surface area contributed by atoms with Crippen LogP contribution in [-0.4, -0.2) is 48.4 Å². The van der Waals surface area contributed by atoms with Crippen LogP contribution >= 0.6 is 0 Å². The van der Waals surface area contributed by atoms with Gasteiger partial charge in [-0.25, -0.2) is 4.79 Å². The highest BCUT2D eigenvalue weighted by Crippen LogP contribution is 2.44. The number of halogens is 3. The first-order valence-electron chi connectivity index (χ1n) is 10.8. The lowest BCUT2D eigenvalue weighted by molar-refractivity contribution is -0.167. The predicted molar refractivity (Wildman–Crippen MR) is 117 cm³/mol. The topological polar surface area (TPSA) is 105 Å². The molecule has 0 saturated heterocycles. The Morgan fingerprint density at radius 1 is 1.03 bits per heavy atom. The van der Waals surface area contributed by atoms with Gasteiger partial charge >= 0.3 is 18.2 Å². The van der Waals surface area contributed by atoms with E-state index in [0.717, 1.165) is 22.3 Å². The zero-order valence-corrected chi connectivity index (χ0v) is 18.4. The quantitative estimate of drug-likeness (QED) is 0.504. The number of fused-ring (bicyclic) bond motifs is 3. The molecule has 0 aliphatic heterocycles. The summed E-state index contributed by atoms with van der Waals surface area (Å²) in [5.41, 5.74) is 3.74. The lowest BCUT2D eigenvalue weighted by Gasteiger charge is -2.22. The summed E-state index contributed by atoms with van der Waals surface area (Å²) < 4.78 is 45.4. The van der Waals surface area contributed by atoms with Crippen LogP contribution in [0.15, 0.2) is 48.5 Å². The normalized spacial score (nSPS) is 14.5. The van der Waals surface area contributed by atoms with Gasteiger partial charge in [0.2, 0.25) is 6.04 Å². The third-order valence-corrected chi connectivity index (χ3v) is 5.65. The predicted octanol–water partition coefficient (Wildman–Crippen LogP) is 4.07. The number of rotatable bonds is 9. The van der Waals surface area contributed by atoms with Crippen LogP contribution in [0.25, 0.3) is 11.1 Å². The first kappa shape index (κ1) is 25.1. The molecule has 3 rings (SSSR count). The number of aliphatic carboxylic acids is 1. The number of benzene rings is 2. The third kappa shape index (κ3) is 6.06. The summed E-state index contributed by atoms with van der Waals surface area (Å²) in [6, 6.07) is 12.2. The molecule has 0 spiro atoms. The maximum absolute atomic E-state index is 13.4. The number of hydrogen-bond donors (Lipinski definition) is 3. The molecule has 2 unspecified atom stereocenters. The average molecular weight is 478 g/mol. The van der Waals surface area contributed by atoms with Gasteiger partial charge in [0.15, 0.2) is 0 Å². The molecule has 2 amide bonds. The second kappa shape index (κ2) is 10.6. The van der Waals surface area contributed by atoms with Crippen LogP contribution in [0, 0.1) is 5.92 Å². The first-order chi connectivity index (χ1) is 16.1. The number of ether oxygens (including phenoxy) is 1. The number of carbonyl (C=O) groups is 3. The van der Waals surface area contributed by atoms with Crippen molar-refractivity contribution in [2.24, 2.45) is 5.92 Å². The highest BCUT2D eigenvalue weighted by atomic mass is 19.4. The SMILES string of the molecule is CC(CCNC(=O)C(NC(=O)OCC1c2ccccc2-c2ccccc21)C(F)(F)F)CC(=O)O. The van der Waals surface area contributed by atoms with Crippen LogP contribution < -0.4 is 10.6 Å². The van der Waals surface area contributed by atoms with E-state index in [1.807, 2.05) is 48.5 Å². The summed E-state index contributed by atoms with van der Waals surface area (Å²) in [7, 11) is 0. The molecule has 0 heterocycles. The zero-order chi connectivity index (χ0) is 24.9. The van der Waals surface area contributed by atoms with E-state index in [9.17, 15) is 27.6 Å². The van der Waals surface area contributed by atoms with Gasteiger partial charge in [-0.05, 0) is 34.6 Å². The molecule has 2 atom stereocenters. The molecule has 7 nitrogen and oxygen atoms in total. The van der Waals surface area contributed by atoms with Crippen LogP contribution in [-0.2, 0) is 14.3 Å². The summed E-state index contributed by atoms with van der Waals surface area (Å²) in [5, 5.41) is 12.4. The summed E-state index contributed by atoms with van der Waals surface area (Å²) >= 11 is 0. The molecule has 2 aromatic rings. The number of nitrogens with one attached hydrogen (secondary N) is 2. The minimum atomic E-state index is -5.04. The molecular weight excluding hydrogens is 453 g/mol. The number of carbonyl (C=O) groups excluding carboxylic acids is 2. The molecule has 3 N–H and O–H groups in total. The molecular formula is C24H25F3N2O5. The Kier molecular flexibility index (Phi) is 7.80. The van der Waals surface area contributed by atoms with Crippen molar-refractivity contribution in [3.8, 4) is 11.1 Å². The fourth-order valence-corrected chi connectivity index (χ4v) is 4.00. The molecule has 2 aromatic carbocycles. The van der Waals surface area contributed by atoms with Crippen molar-refractivity contribution in [3.05, 3.63) is 59.7 Å². The van der Waals surface area contributed by atoms with Crippen LogP contribution in [0.3, 0.4) is 0 Å². The molecule has 1 aliphatic carbocycles. The number of carboxylic acid groups (broad SMARTS) is 1. The summed E-state index contributed by atoms with van der Waals surface area (Å²) in [5.74, 6) is -3.16. The molecule has 1 aliphatic rings. The summed E-state index contributed by atoms with van der Waals surface area (Å²) in [6.07, 6.45) is -6.40. The van der Waals surface area contributed by atoms with Crippen LogP contribution in [0.4, 0.5) is 18.0 Å². The van der Waals surface area contributed by atoms with Crippen molar-refractivity contribution in [1.29, 1.82) is 0 Å². The highest BCUT2D eigenvalue weighted by molar-refractivity contribution is 5.86. The van der Waals surface area contributed by atoms with Gasteiger partial charge in [-0.3, -0.25) is 9.59 Å². The standard InChI is InChI=1S/C24H25F3N2O5/c1-14(12-20(30)31)10-11-28-22(32)21(24(25,26)27)29-23(33)34-13-19-17-8-4-2-6-15(17)16-7-3-5-9-18(16)19/h2-9,14,19,21H,10-13H2,1H3,(H,28,32)(H,29,33)(H,30,31). The van der Waals surface area contributed by atoms with Gasteiger partial charge in [0.1, 0.15) is 6.61 Å². The number of alkyl halides is 3. The van der Waals surface area contributed by atoms with E-state index in [2.05, 4.69) is 5.32 Å². The maximum Gasteiger partial charge on any atom is 0.417 e. The van der Waals surface area contributed by atoms with Crippen LogP contribution in [0.2, 0.25) is 0 Å². The number of hydrogen-bond acceptors (Lipinski definition) is 4. The maximum atomic E-state index is 13.4. The largest absolute Gasteiger partial charge is 0.481 e. The smallest absolute Gasteiger partial charge is 0.417 e. The van der Waals surface area contributed by atoms with Crippen molar-refractivity contribution >= 4 is 18.0 Å². The van der Waals surface area contributed by atoms with Crippen LogP contribution in [0.1, 0.15) is 36.8 Å². The molecule has 0 bridgehead atoms. The molecule has 0 fully saturated rings. The van der Waals surface area contributed by atoms with Gasteiger partial charge in [-0.1, -0.05) is 55.5 Å². The molecule has 0 saturated carbocycles. The van der Waals surface area contributed by atoms with Gasteiger partial charge in [0.05, 0.1) is 0 Å². The third-order valence-electron chi connectivity index (χ3n) is 5.65. The lowest BCUT2D eigenvalue weighted by Crippen LogP contribution is -2.55. The molecule has 182 valence electrons. The number of carboxylic acids is 1. The fraction of sp³-hybridized carbons (Fsp3) is 0.375. The first-order valence-corrected chi connectivity index (χ1v) is 10.8. The van der Waals surface area contributed by atoms with Gasteiger partial charge in [0.25, 0.3) is 5.91 Å². The van der Waals surface area contributed by atoms with Crippen molar-refractivity contribution in [2.45, 2.75) is 37.9 Å². The van der Waals surface area contributed by atoms with Crippen molar-refractivity contribution in [3.63, 3.8) is 0 Å². The van der Waals surface area contributed by atoms with Gasteiger partial charge < -0.3 is 20.5 Å². The van der Waals surface area contributed by atoms with E-state index < -0.39 is 30.2 Å². The second-order valence-corrected chi connectivity index (χ2v) is 8.23. The monoisotopic (exact) mass is 478 g/mol. The van der Waals surface area contributed by atoms with Crippen LogP contribution in [0.5, 0.6) is 0 Å². The van der Waals surface area contributed by atoms with Gasteiger partial charge in [-0.15, -0.1) is 0 Å². The molecule has 0 radical (unpaired) electrons. The molecule has 0 aromatic heterocycles. The Morgan fingerprint density at radius 3 is 2.12 bits per heavy atom. The van der Waals surface area contributed by atoms with Gasteiger partial charge in [-0.2, -0.15) is 13.2 Å². The Balaban J connectivity index is 1.59. The minimum absolute atomic E-state index is 0.160. The van der Waals surface area contributed by atoms with E-state index in [1.54, 1.807) is 12.2 Å². The molecule has 10 heteroatoms. The number of alkyl carbamates (subject to hydrolysis) is 1.